The number of carbonyl (C=O) groups is 1. The van der Waals surface area contributed by atoms with Gasteiger partial charge in [0.2, 0.25) is 5.91 Å². The van der Waals surface area contributed by atoms with Crippen LogP contribution in [-0.2, 0) is 4.79 Å². The van der Waals surface area contributed by atoms with Gasteiger partial charge in [0.25, 0.3) is 5.69 Å². The molecule has 0 fully saturated rings. The maximum Gasteiger partial charge on any atom is 0.269 e. The average molecular weight is 373 g/mol. The summed E-state index contributed by atoms with van der Waals surface area (Å²) in [4.78, 5) is 22.6. The Kier molecular flexibility index (Phi) is 6.73. The van der Waals surface area contributed by atoms with E-state index in [2.05, 4.69) is 10.6 Å². The van der Waals surface area contributed by atoms with E-state index in [0.29, 0.717) is 17.2 Å². The molecule has 1 amide bonds. The fourth-order valence-corrected chi connectivity index (χ4v) is 2.64. The Balaban J connectivity index is 2.04. The van der Waals surface area contributed by atoms with Crippen molar-refractivity contribution >= 4 is 17.3 Å². The topological polar surface area (TPSA) is 103 Å². The number of nitrogens with one attached hydrogen (secondary N) is 2. The minimum absolute atomic E-state index is 0.0297. The van der Waals surface area contributed by atoms with Crippen LogP contribution in [0, 0.1) is 10.1 Å². The van der Waals surface area contributed by atoms with E-state index in [1.165, 1.54) is 24.3 Å². The molecular weight excluding hydrogens is 350 g/mol. The van der Waals surface area contributed by atoms with Gasteiger partial charge in [-0.15, -0.1) is 0 Å². The lowest BCUT2D eigenvalue weighted by Gasteiger charge is -2.22. The molecule has 2 N–H and O–H groups in total. The first kappa shape index (κ1) is 20.2. The lowest BCUT2D eigenvalue weighted by molar-refractivity contribution is -0.384. The van der Waals surface area contributed by atoms with Crippen LogP contribution in [0.25, 0.3) is 0 Å². The van der Waals surface area contributed by atoms with Gasteiger partial charge in [0.1, 0.15) is 11.5 Å². The first-order chi connectivity index (χ1) is 12.8. The quantitative estimate of drug-likeness (QED) is 0.544. The number of amides is 1. The Bertz CT molecular complexity index is 807. The monoisotopic (exact) mass is 373 g/mol. The summed E-state index contributed by atoms with van der Waals surface area (Å²) in [6.45, 7) is 3.66. The zero-order chi connectivity index (χ0) is 20.0. The van der Waals surface area contributed by atoms with Crippen LogP contribution in [0.3, 0.4) is 0 Å². The molecule has 0 unspecified atom stereocenters. The van der Waals surface area contributed by atoms with Crippen LogP contribution >= 0.6 is 0 Å². The van der Waals surface area contributed by atoms with Crippen molar-refractivity contribution < 1.29 is 19.2 Å². The molecule has 8 heteroatoms. The lowest BCUT2D eigenvalue weighted by Crippen LogP contribution is -2.39. The number of non-ortho nitro benzene ring substituents is 1. The summed E-state index contributed by atoms with van der Waals surface area (Å²) in [5, 5.41) is 16.6. The molecule has 0 heterocycles. The van der Waals surface area contributed by atoms with Gasteiger partial charge in [-0.1, -0.05) is 0 Å². The van der Waals surface area contributed by atoms with Crippen LogP contribution in [0.5, 0.6) is 11.5 Å². The van der Waals surface area contributed by atoms with Crippen molar-refractivity contribution in [2.75, 3.05) is 19.5 Å². The van der Waals surface area contributed by atoms with Crippen molar-refractivity contribution in [2.24, 2.45) is 0 Å². The van der Waals surface area contributed by atoms with Gasteiger partial charge in [-0.2, -0.15) is 0 Å². The van der Waals surface area contributed by atoms with Crippen molar-refractivity contribution in [3.63, 3.8) is 0 Å². The van der Waals surface area contributed by atoms with E-state index in [1.807, 2.05) is 19.1 Å². The highest BCUT2D eigenvalue weighted by atomic mass is 16.6. The van der Waals surface area contributed by atoms with E-state index in [0.717, 1.165) is 5.56 Å². The van der Waals surface area contributed by atoms with Gasteiger partial charge < -0.3 is 14.8 Å². The zero-order valence-corrected chi connectivity index (χ0v) is 15.7. The number of hydrogen-bond acceptors (Lipinski definition) is 6. The molecule has 0 saturated heterocycles. The molecule has 0 radical (unpaired) electrons. The number of anilines is 1. The molecular formula is C19H23N3O5. The van der Waals surface area contributed by atoms with Crippen molar-refractivity contribution in [1.82, 2.24) is 5.32 Å². The summed E-state index contributed by atoms with van der Waals surface area (Å²) in [6, 6.07) is 10.5. The third-order valence-electron chi connectivity index (χ3n) is 4.14. The van der Waals surface area contributed by atoms with Crippen molar-refractivity contribution in [2.45, 2.75) is 25.9 Å². The number of benzene rings is 2. The molecule has 0 aromatic heterocycles. The van der Waals surface area contributed by atoms with Gasteiger partial charge >= 0.3 is 0 Å². The number of methoxy groups -OCH3 is 2. The molecule has 144 valence electrons. The number of ether oxygens (including phenoxy) is 2. The van der Waals surface area contributed by atoms with E-state index in [1.54, 1.807) is 27.2 Å². The second-order valence-electron chi connectivity index (χ2n) is 6.01. The Labute approximate surface area is 157 Å². The van der Waals surface area contributed by atoms with Crippen LogP contribution in [-0.4, -0.2) is 31.1 Å². The third-order valence-corrected chi connectivity index (χ3v) is 4.14. The van der Waals surface area contributed by atoms with Gasteiger partial charge in [0.15, 0.2) is 0 Å². The first-order valence-corrected chi connectivity index (χ1v) is 8.39. The van der Waals surface area contributed by atoms with Crippen LogP contribution in [0.2, 0.25) is 0 Å². The van der Waals surface area contributed by atoms with E-state index >= 15 is 0 Å². The number of carbonyl (C=O) groups excluding carboxylic acids is 1. The number of nitro benzene ring substituents is 1. The second-order valence-corrected chi connectivity index (χ2v) is 6.01. The van der Waals surface area contributed by atoms with Crippen molar-refractivity contribution in [1.29, 1.82) is 0 Å². The van der Waals surface area contributed by atoms with Crippen LogP contribution < -0.4 is 20.1 Å². The van der Waals surface area contributed by atoms with E-state index in [4.69, 9.17) is 9.47 Å². The highest BCUT2D eigenvalue weighted by Gasteiger charge is 2.19. The molecule has 2 atom stereocenters. The summed E-state index contributed by atoms with van der Waals surface area (Å²) in [5.41, 5.74) is 1.33. The summed E-state index contributed by atoms with van der Waals surface area (Å²) < 4.78 is 10.6. The first-order valence-electron chi connectivity index (χ1n) is 8.39. The molecule has 0 aliphatic carbocycles. The lowest BCUT2D eigenvalue weighted by atomic mass is 10.1. The number of hydrogen-bond donors (Lipinski definition) is 2. The van der Waals surface area contributed by atoms with Crippen LogP contribution in [0.15, 0.2) is 42.5 Å². The highest BCUT2D eigenvalue weighted by Crippen LogP contribution is 2.29. The smallest absolute Gasteiger partial charge is 0.269 e. The van der Waals surface area contributed by atoms with E-state index < -0.39 is 11.0 Å². The summed E-state index contributed by atoms with van der Waals surface area (Å²) >= 11 is 0. The van der Waals surface area contributed by atoms with Crippen LogP contribution in [0.4, 0.5) is 11.4 Å². The van der Waals surface area contributed by atoms with E-state index in [9.17, 15) is 14.9 Å². The third kappa shape index (κ3) is 5.18. The van der Waals surface area contributed by atoms with Gasteiger partial charge in [0, 0.05) is 29.4 Å². The Morgan fingerprint density at radius 3 is 2.30 bits per heavy atom. The molecule has 8 nitrogen and oxygen atoms in total. The normalized spacial score (nSPS) is 12.7. The van der Waals surface area contributed by atoms with Gasteiger partial charge in [-0.3, -0.25) is 20.2 Å². The molecule has 0 spiro atoms. The van der Waals surface area contributed by atoms with Gasteiger partial charge in [-0.25, -0.2) is 0 Å². The SMILES string of the molecule is COc1ccc(OC)c([C@@H](C)N[C@H](C)C(=O)Nc2ccc([N+](=O)[O-])cc2)c1. The maximum absolute atomic E-state index is 12.4. The number of rotatable bonds is 8. The summed E-state index contributed by atoms with van der Waals surface area (Å²) in [5.74, 6) is 1.14. The van der Waals surface area contributed by atoms with Gasteiger partial charge in [-0.05, 0) is 44.2 Å². The molecule has 0 aliphatic rings. The summed E-state index contributed by atoms with van der Waals surface area (Å²) in [7, 11) is 3.17. The molecule has 2 aromatic rings. The Hall–Kier alpha value is -3.13. The maximum atomic E-state index is 12.4. The Morgan fingerprint density at radius 1 is 1.07 bits per heavy atom. The Morgan fingerprint density at radius 2 is 1.74 bits per heavy atom. The molecule has 2 aromatic carbocycles. The number of nitrogens with zero attached hydrogens (tertiary/aromatic N) is 1. The molecule has 0 saturated carbocycles. The van der Waals surface area contributed by atoms with Crippen molar-refractivity contribution in [3.8, 4) is 11.5 Å². The van der Waals surface area contributed by atoms with Gasteiger partial charge in [0.05, 0.1) is 25.2 Å². The molecule has 27 heavy (non-hydrogen) atoms. The fourth-order valence-electron chi connectivity index (χ4n) is 2.64. The number of nitro groups is 1. The molecule has 0 bridgehead atoms. The standard InChI is InChI=1S/C19H23N3O5/c1-12(17-11-16(26-3)9-10-18(17)27-4)20-13(2)19(23)21-14-5-7-15(8-6-14)22(24)25/h5-13,20H,1-4H3,(H,21,23)/t12-,13-/m1/s1. The predicted octanol–water partition coefficient (Wildman–Crippen LogP) is 3.29. The highest BCUT2D eigenvalue weighted by molar-refractivity contribution is 5.94. The largest absolute Gasteiger partial charge is 0.497 e. The average Bonchev–Trinajstić information content (AvgIpc) is 2.67. The summed E-state index contributed by atoms with van der Waals surface area (Å²) in [6.07, 6.45) is 0. The molecule has 0 aliphatic heterocycles. The van der Waals surface area contributed by atoms with Crippen LogP contribution in [0.1, 0.15) is 25.5 Å². The minimum atomic E-state index is -0.508. The predicted molar refractivity (Wildman–Crippen MR) is 102 cm³/mol. The minimum Gasteiger partial charge on any atom is -0.497 e. The zero-order valence-electron chi connectivity index (χ0n) is 15.7. The molecule has 2 rings (SSSR count). The second kappa shape index (κ2) is 9.00. The van der Waals surface area contributed by atoms with E-state index in [-0.39, 0.29) is 17.6 Å². The van der Waals surface area contributed by atoms with Crippen molar-refractivity contribution in [3.05, 3.63) is 58.1 Å². The fraction of sp³-hybridized carbons (Fsp3) is 0.316.